The summed E-state index contributed by atoms with van der Waals surface area (Å²) in [6.45, 7) is 4.15. The normalized spacial score (nSPS) is 31.4. The summed E-state index contributed by atoms with van der Waals surface area (Å²) in [5.41, 5.74) is 2.48. The first kappa shape index (κ1) is 24.5. The van der Waals surface area contributed by atoms with Crippen LogP contribution in [0.1, 0.15) is 45.2 Å². The molecule has 3 fully saturated rings. The topological polar surface area (TPSA) is 77.5 Å². The van der Waals surface area contributed by atoms with Crippen LogP contribution in [0, 0.1) is 35.4 Å². The second kappa shape index (κ2) is 10.4. The van der Waals surface area contributed by atoms with Gasteiger partial charge in [0, 0.05) is 23.7 Å². The van der Waals surface area contributed by atoms with Crippen molar-refractivity contribution in [1.29, 1.82) is 0 Å². The van der Waals surface area contributed by atoms with Crippen LogP contribution in [0.4, 0.5) is 9.18 Å². The summed E-state index contributed by atoms with van der Waals surface area (Å²) in [5.74, 6) is 0.629. The van der Waals surface area contributed by atoms with Gasteiger partial charge >= 0.3 is 12.1 Å². The first-order valence-electron chi connectivity index (χ1n) is 13.0. The van der Waals surface area contributed by atoms with E-state index in [1.807, 2.05) is 31.2 Å². The summed E-state index contributed by atoms with van der Waals surface area (Å²) < 4.78 is 24.3. The molecule has 2 aromatic rings. The highest BCUT2D eigenvalue weighted by Gasteiger charge is 2.54. The number of allylic oxidation sites excluding steroid dienone is 1. The van der Waals surface area contributed by atoms with Gasteiger partial charge in [0.2, 0.25) is 0 Å². The van der Waals surface area contributed by atoms with Crippen molar-refractivity contribution < 1.29 is 23.5 Å². The molecule has 1 aromatic heterocycles. The molecule has 5 rings (SSSR count). The number of ether oxygens (including phenoxy) is 2. The number of hydrogen-bond donors (Lipinski definition) is 1. The number of aromatic nitrogens is 1. The Kier molecular flexibility index (Phi) is 7.08. The average molecular weight is 493 g/mol. The fraction of sp³-hybridized carbons (Fsp3) is 0.483. The van der Waals surface area contributed by atoms with Crippen LogP contribution in [0.5, 0.6) is 0 Å². The number of amides is 1. The van der Waals surface area contributed by atoms with E-state index < -0.39 is 0 Å². The van der Waals surface area contributed by atoms with Gasteiger partial charge in [-0.25, -0.2) is 9.18 Å². The molecule has 7 atom stereocenters. The number of rotatable bonds is 5. The molecule has 1 amide bonds. The summed E-state index contributed by atoms with van der Waals surface area (Å²) in [6.07, 6.45) is 9.07. The quantitative estimate of drug-likeness (QED) is 0.548. The third kappa shape index (κ3) is 5.01. The summed E-state index contributed by atoms with van der Waals surface area (Å²) in [5, 5.41) is 3.00. The number of cyclic esters (lactones) is 1. The summed E-state index contributed by atoms with van der Waals surface area (Å²) >= 11 is 0. The number of nitrogens with zero attached hydrogens (tertiary/aromatic N) is 1. The van der Waals surface area contributed by atoms with Gasteiger partial charge < -0.3 is 14.8 Å². The fourth-order valence-electron chi connectivity index (χ4n) is 6.64. The number of esters is 1. The molecule has 2 heterocycles. The Hall–Kier alpha value is -3.22. The number of carbonyl (C=O) groups excluding carboxylic acids is 2. The molecule has 0 spiro atoms. The number of hydrogen-bond acceptors (Lipinski definition) is 5. The van der Waals surface area contributed by atoms with Gasteiger partial charge in [-0.3, -0.25) is 9.78 Å². The Morgan fingerprint density at radius 3 is 2.83 bits per heavy atom. The first-order valence-corrected chi connectivity index (χ1v) is 13.0. The number of carbonyl (C=O) groups is 2. The highest BCUT2D eigenvalue weighted by Crippen LogP contribution is 2.53. The fourth-order valence-corrected chi connectivity index (χ4v) is 6.64. The summed E-state index contributed by atoms with van der Waals surface area (Å²) in [4.78, 5) is 29.2. The van der Waals surface area contributed by atoms with E-state index >= 15 is 0 Å². The minimum absolute atomic E-state index is 0.0679. The number of alkyl carbamates (subject to hydrolysis) is 1. The zero-order chi connectivity index (χ0) is 25.2. The lowest BCUT2D eigenvalue weighted by Crippen LogP contribution is -2.48. The number of pyridine rings is 1. The van der Waals surface area contributed by atoms with Crippen LogP contribution in [0.15, 0.2) is 48.7 Å². The van der Waals surface area contributed by atoms with Crippen molar-refractivity contribution in [2.24, 2.45) is 29.6 Å². The third-order valence-corrected chi connectivity index (χ3v) is 8.18. The molecule has 7 heteroatoms. The summed E-state index contributed by atoms with van der Waals surface area (Å²) in [7, 11) is 0. The molecule has 0 radical (unpaired) electrons. The predicted octanol–water partition coefficient (Wildman–Crippen LogP) is 5.63. The Morgan fingerprint density at radius 1 is 1.22 bits per heavy atom. The van der Waals surface area contributed by atoms with Crippen LogP contribution in [0.3, 0.4) is 0 Å². The van der Waals surface area contributed by atoms with Crippen LogP contribution >= 0.6 is 0 Å². The number of nitrogens with one attached hydrogen (secondary N) is 1. The van der Waals surface area contributed by atoms with Gasteiger partial charge in [0.15, 0.2) is 0 Å². The lowest BCUT2D eigenvalue weighted by Gasteiger charge is -2.47. The maximum Gasteiger partial charge on any atom is 0.407 e. The molecule has 1 aliphatic heterocycles. The Bertz CT molecular complexity index is 1130. The molecule has 6 nitrogen and oxygen atoms in total. The first-order chi connectivity index (χ1) is 17.4. The number of halogens is 1. The van der Waals surface area contributed by atoms with Crippen LogP contribution in [-0.2, 0) is 14.3 Å². The smallest absolute Gasteiger partial charge is 0.407 e. The predicted molar refractivity (Wildman–Crippen MR) is 134 cm³/mol. The maximum atomic E-state index is 13.6. The van der Waals surface area contributed by atoms with Crippen molar-refractivity contribution >= 4 is 18.1 Å². The van der Waals surface area contributed by atoms with Crippen LogP contribution in [-0.4, -0.2) is 35.8 Å². The molecular weight excluding hydrogens is 459 g/mol. The maximum absolute atomic E-state index is 13.6. The van der Waals surface area contributed by atoms with Gasteiger partial charge in [-0.15, -0.1) is 0 Å². The van der Waals surface area contributed by atoms with Crippen molar-refractivity contribution in [3.63, 3.8) is 0 Å². The Morgan fingerprint density at radius 2 is 2.08 bits per heavy atom. The van der Waals surface area contributed by atoms with Gasteiger partial charge in [0.1, 0.15) is 11.9 Å². The summed E-state index contributed by atoms with van der Waals surface area (Å²) in [6, 6.07) is 10.4. The molecule has 3 aliphatic rings. The number of fused-ring (bicyclic) bond motifs is 2. The standard InChI is InChI=1S/C29H33FN2O4/c1-3-35-29(34)32-23-10-11-24-20(14-23)15-26-27(17(2)36-28(26)33)25(24)12-9-22-8-7-19(16-31-22)18-5-4-6-21(30)13-18/h4-9,12-13,16-17,20,23-27H,3,10-11,14-15H2,1-2H3,(H,32,34)/b12-9+/t17?,20?,23-,24-,25+,26?,27?/m1/s1. The van der Waals surface area contributed by atoms with E-state index in [-0.39, 0.29) is 47.8 Å². The lowest BCUT2D eigenvalue weighted by molar-refractivity contribution is -0.144. The average Bonchev–Trinajstić information content (AvgIpc) is 3.15. The van der Waals surface area contributed by atoms with Crippen molar-refractivity contribution in [2.45, 2.75) is 51.7 Å². The van der Waals surface area contributed by atoms with Crippen molar-refractivity contribution in [3.05, 3.63) is 60.2 Å². The molecular formula is C29H33FN2O4. The van der Waals surface area contributed by atoms with E-state index in [0.717, 1.165) is 42.5 Å². The molecule has 1 N–H and O–H groups in total. The molecule has 1 aromatic carbocycles. The molecule has 2 aliphatic carbocycles. The highest BCUT2D eigenvalue weighted by molar-refractivity contribution is 5.75. The minimum Gasteiger partial charge on any atom is -0.462 e. The van der Waals surface area contributed by atoms with Gasteiger partial charge in [0.05, 0.1) is 18.2 Å². The molecule has 2 saturated carbocycles. The van der Waals surface area contributed by atoms with E-state index in [0.29, 0.717) is 18.4 Å². The highest BCUT2D eigenvalue weighted by atomic mass is 19.1. The van der Waals surface area contributed by atoms with Crippen molar-refractivity contribution in [2.75, 3.05) is 6.61 Å². The molecule has 4 unspecified atom stereocenters. The second-order valence-corrected chi connectivity index (χ2v) is 10.3. The van der Waals surface area contributed by atoms with E-state index in [9.17, 15) is 14.0 Å². The third-order valence-electron chi connectivity index (χ3n) is 8.18. The van der Waals surface area contributed by atoms with Gasteiger partial charge in [-0.1, -0.05) is 24.3 Å². The van der Waals surface area contributed by atoms with Gasteiger partial charge in [-0.05, 0) is 87.1 Å². The van der Waals surface area contributed by atoms with Gasteiger partial charge in [-0.2, -0.15) is 0 Å². The minimum atomic E-state index is -0.368. The largest absolute Gasteiger partial charge is 0.462 e. The van der Waals surface area contributed by atoms with E-state index in [4.69, 9.17) is 9.47 Å². The molecule has 36 heavy (non-hydrogen) atoms. The van der Waals surface area contributed by atoms with E-state index in [1.165, 1.54) is 12.1 Å². The van der Waals surface area contributed by atoms with Crippen molar-refractivity contribution in [1.82, 2.24) is 10.3 Å². The van der Waals surface area contributed by atoms with Crippen LogP contribution < -0.4 is 5.32 Å². The molecule has 1 saturated heterocycles. The Balaban J connectivity index is 1.34. The van der Waals surface area contributed by atoms with E-state index in [2.05, 4.69) is 16.4 Å². The van der Waals surface area contributed by atoms with E-state index in [1.54, 1.807) is 19.2 Å². The monoisotopic (exact) mass is 492 g/mol. The SMILES string of the molecule is CCOC(=O)N[C@@H]1CC[C@@H]2C(CC3C(=O)OC(C)C3[C@H]2/C=C/c2ccc(-c3cccc(F)c3)cn2)C1. The van der Waals surface area contributed by atoms with Crippen LogP contribution in [0.2, 0.25) is 0 Å². The molecule has 190 valence electrons. The zero-order valence-corrected chi connectivity index (χ0v) is 20.7. The van der Waals surface area contributed by atoms with Gasteiger partial charge in [0.25, 0.3) is 0 Å². The van der Waals surface area contributed by atoms with Crippen molar-refractivity contribution in [3.8, 4) is 11.1 Å². The lowest BCUT2D eigenvalue weighted by atomic mass is 9.57. The Labute approximate surface area is 211 Å². The number of benzene rings is 1. The molecule has 0 bridgehead atoms. The zero-order valence-electron chi connectivity index (χ0n) is 20.7. The second-order valence-electron chi connectivity index (χ2n) is 10.3. The van der Waals surface area contributed by atoms with Crippen LogP contribution in [0.25, 0.3) is 17.2 Å².